The average molecular weight is 261 g/mol. The van der Waals surface area contributed by atoms with E-state index in [0.29, 0.717) is 12.0 Å². The van der Waals surface area contributed by atoms with Crippen LogP contribution in [0.15, 0.2) is 12.1 Å². The van der Waals surface area contributed by atoms with E-state index in [0.717, 1.165) is 12.2 Å². The molecule has 0 spiro atoms. The van der Waals surface area contributed by atoms with Crippen LogP contribution in [0.1, 0.15) is 55.7 Å². The van der Waals surface area contributed by atoms with Crippen molar-refractivity contribution in [3.05, 3.63) is 28.8 Å². The first-order chi connectivity index (χ1) is 9.11. The fraction of sp³-hybridized carbons (Fsp3) is 0.647. The molecular weight excluding hydrogens is 234 g/mol. The molecule has 1 atom stereocenters. The Morgan fingerprint density at radius 3 is 2.68 bits per heavy atom. The van der Waals surface area contributed by atoms with Gasteiger partial charge in [0.15, 0.2) is 0 Å². The van der Waals surface area contributed by atoms with Crippen molar-refractivity contribution < 1.29 is 4.74 Å². The standard InChI is InChI=1S/C17H27NO/c1-12(2)16-11-14(9-13(3)17(16)19-4)10-15-7-5-6-8-18-15/h9,11-12,15,18H,5-8,10H2,1-4H3. The minimum absolute atomic E-state index is 0.507. The van der Waals surface area contributed by atoms with Crippen molar-refractivity contribution in [2.24, 2.45) is 0 Å². The first-order valence-electron chi connectivity index (χ1n) is 7.52. The van der Waals surface area contributed by atoms with Crippen LogP contribution in [0, 0.1) is 6.92 Å². The number of methoxy groups -OCH3 is 1. The lowest BCUT2D eigenvalue weighted by molar-refractivity contribution is 0.396. The van der Waals surface area contributed by atoms with Gasteiger partial charge in [-0.15, -0.1) is 0 Å². The molecule has 1 aromatic carbocycles. The molecule has 19 heavy (non-hydrogen) atoms. The number of piperidine rings is 1. The SMILES string of the molecule is COc1c(C)cc(CC2CCCCN2)cc1C(C)C. The Morgan fingerprint density at radius 2 is 2.11 bits per heavy atom. The van der Waals surface area contributed by atoms with E-state index < -0.39 is 0 Å². The molecule has 1 aliphatic heterocycles. The normalized spacial score (nSPS) is 19.7. The monoisotopic (exact) mass is 261 g/mol. The lowest BCUT2D eigenvalue weighted by Crippen LogP contribution is -2.35. The highest BCUT2D eigenvalue weighted by Crippen LogP contribution is 2.31. The van der Waals surface area contributed by atoms with Crippen LogP contribution in [0.3, 0.4) is 0 Å². The summed E-state index contributed by atoms with van der Waals surface area (Å²) >= 11 is 0. The second-order valence-electron chi connectivity index (χ2n) is 6.04. The fourth-order valence-corrected chi connectivity index (χ4v) is 3.09. The van der Waals surface area contributed by atoms with Gasteiger partial charge in [-0.3, -0.25) is 0 Å². The second-order valence-corrected chi connectivity index (χ2v) is 6.04. The summed E-state index contributed by atoms with van der Waals surface area (Å²) in [6.07, 6.45) is 5.14. The predicted octanol–water partition coefficient (Wildman–Crippen LogP) is 3.81. The van der Waals surface area contributed by atoms with E-state index in [4.69, 9.17) is 4.74 Å². The number of nitrogens with one attached hydrogen (secondary N) is 1. The van der Waals surface area contributed by atoms with E-state index >= 15 is 0 Å². The molecule has 0 bridgehead atoms. The highest BCUT2D eigenvalue weighted by molar-refractivity contribution is 5.45. The van der Waals surface area contributed by atoms with E-state index in [-0.39, 0.29) is 0 Å². The van der Waals surface area contributed by atoms with Gasteiger partial charge in [-0.1, -0.05) is 32.4 Å². The molecule has 1 N–H and O–H groups in total. The van der Waals surface area contributed by atoms with Gasteiger partial charge in [0, 0.05) is 6.04 Å². The van der Waals surface area contributed by atoms with Crippen molar-refractivity contribution in [2.45, 2.75) is 58.4 Å². The predicted molar refractivity (Wildman–Crippen MR) is 81.2 cm³/mol. The van der Waals surface area contributed by atoms with E-state index in [1.165, 1.54) is 42.5 Å². The van der Waals surface area contributed by atoms with Crippen molar-refractivity contribution in [3.63, 3.8) is 0 Å². The Balaban J connectivity index is 2.21. The molecule has 1 aromatic rings. The third kappa shape index (κ3) is 3.50. The van der Waals surface area contributed by atoms with Crippen molar-refractivity contribution in [2.75, 3.05) is 13.7 Å². The Hall–Kier alpha value is -1.02. The summed E-state index contributed by atoms with van der Waals surface area (Å²) in [4.78, 5) is 0. The zero-order chi connectivity index (χ0) is 13.8. The van der Waals surface area contributed by atoms with Gasteiger partial charge in [0.05, 0.1) is 7.11 Å². The van der Waals surface area contributed by atoms with Crippen LogP contribution in [-0.2, 0) is 6.42 Å². The maximum Gasteiger partial charge on any atom is 0.125 e. The van der Waals surface area contributed by atoms with Gasteiger partial charge in [-0.25, -0.2) is 0 Å². The molecule has 1 fully saturated rings. The van der Waals surface area contributed by atoms with Crippen LogP contribution in [0.25, 0.3) is 0 Å². The van der Waals surface area contributed by atoms with Gasteiger partial charge in [-0.2, -0.15) is 0 Å². The number of hydrogen-bond acceptors (Lipinski definition) is 2. The zero-order valence-corrected chi connectivity index (χ0v) is 12.8. The number of benzene rings is 1. The van der Waals surface area contributed by atoms with Gasteiger partial charge in [0.25, 0.3) is 0 Å². The Morgan fingerprint density at radius 1 is 1.32 bits per heavy atom. The highest BCUT2D eigenvalue weighted by Gasteiger charge is 2.16. The highest BCUT2D eigenvalue weighted by atomic mass is 16.5. The molecule has 106 valence electrons. The minimum atomic E-state index is 0.507. The number of hydrogen-bond donors (Lipinski definition) is 1. The van der Waals surface area contributed by atoms with Crippen LogP contribution in [-0.4, -0.2) is 19.7 Å². The lowest BCUT2D eigenvalue weighted by atomic mass is 9.92. The first kappa shape index (κ1) is 14.4. The van der Waals surface area contributed by atoms with Crippen LogP contribution < -0.4 is 10.1 Å². The van der Waals surface area contributed by atoms with Crippen molar-refractivity contribution >= 4 is 0 Å². The fourth-order valence-electron chi connectivity index (χ4n) is 3.09. The number of aryl methyl sites for hydroxylation is 1. The molecular formula is C17H27NO. The van der Waals surface area contributed by atoms with Gasteiger partial charge in [0.2, 0.25) is 0 Å². The number of rotatable bonds is 4. The van der Waals surface area contributed by atoms with E-state index in [1.54, 1.807) is 7.11 Å². The van der Waals surface area contributed by atoms with Crippen LogP contribution >= 0.6 is 0 Å². The summed E-state index contributed by atoms with van der Waals surface area (Å²) < 4.78 is 5.57. The van der Waals surface area contributed by atoms with Gasteiger partial charge < -0.3 is 10.1 Å². The molecule has 0 saturated carbocycles. The summed E-state index contributed by atoms with van der Waals surface area (Å²) in [5, 5.41) is 3.63. The van der Waals surface area contributed by atoms with Crippen molar-refractivity contribution in [1.82, 2.24) is 5.32 Å². The number of ether oxygens (including phenoxy) is 1. The topological polar surface area (TPSA) is 21.3 Å². The van der Waals surface area contributed by atoms with Crippen molar-refractivity contribution in [1.29, 1.82) is 0 Å². The van der Waals surface area contributed by atoms with Crippen LogP contribution in [0.4, 0.5) is 0 Å². The van der Waals surface area contributed by atoms with Crippen molar-refractivity contribution in [3.8, 4) is 5.75 Å². The summed E-state index contributed by atoms with van der Waals surface area (Å²) in [6, 6.07) is 5.29. The van der Waals surface area contributed by atoms with E-state index in [2.05, 4.69) is 38.2 Å². The molecule has 1 aliphatic rings. The van der Waals surface area contributed by atoms with Crippen LogP contribution in [0.5, 0.6) is 5.75 Å². The summed E-state index contributed by atoms with van der Waals surface area (Å²) in [7, 11) is 1.77. The molecule has 0 aromatic heterocycles. The molecule has 0 amide bonds. The average Bonchev–Trinajstić information content (AvgIpc) is 2.39. The Bertz CT molecular complexity index is 420. The Kier molecular flexibility index (Phi) is 4.87. The summed E-state index contributed by atoms with van der Waals surface area (Å²) in [5.41, 5.74) is 4.05. The van der Waals surface area contributed by atoms with E-state index in [1.807, 2.05) is 0 Å². The molecule has 2 nitrogen and oxygen atoms in total. The molecule has 2 heteroatoms. The second kappa shape index (κ2) is 6.42. The molecule has 1 unspecified atom stereocenters. The summed E-state index contributed by atoms with van der Waals surface area (Å²) in [6.45, 7) is 7.80. The van der Waals surface area contributed by atoms with Gasteiger partial charge >= 0.3 is 0 Å². The first-order valence-corrected chi connectivity index (χ1v) is 7.52. The maximum atomic E-state index is 5.57. The third-order valence-corrected chi connectivity index (χ3v) is 4.08. The zero-order valence-electron chi connectivity index (χ0n) is 12.8. The molecule has 1 heterocycles. The minimum Gasteiger partial charge on any atom is -0.496 e. The van der Waals surface area contributed by atoms with Gasteiger partial charge in [-0.05, 0) is 55.3 Å². The molecule has 1 saturated heterocycles. The molecule has 2 rings (SSSR count). The molecule has 0 radical (unpaired) electrons. The summed E-state index contributed by atoms with van der Waals surface area (Å²) in [5.74, 6) is 1.57. The van der Waals surface area contributed by atoms with E-state index in [9.17, 15) is 0 Å². The van der Waals surface area contributed by atoms with Gasteiger partial charge in [0.1, 0.15) is 5.75 Å². The third-order valence-electron chi connectivity index (χ3n) is 4.08. The largest absolute Gasteiger partial charge is 0.496 e. The molecule has 0 aliphatic carbocycles. The van der Waals surface area contributed by atoms with Crippen LogP contribution in [0.2, 0.25) is 0 Å². The smallest absolute Gasteiger partial charge is 0.125 e. The maximum absolute atomic E-state index is 5.57. The Labute approximate surface area is 117 Å². The lowest BCUT2D eigenvalue weighted by Gasteiger charge is -2.24. The quantitative estimate of drug-likeness (QED) is 0.890.